The molecule has 3 atom stereocenters. The summed E-state index contributed by atoms with van der Waals surface area (Å²) < 4.78 is 16.9. The SMILES string of the molecule is CCOC1CC(N=C(N)Nc2ccc(OC)c(Cl)c2)C12CCCO2.I. The number of anilines is 1. The molecule has 0 amide bonds. The topological polar surface area (TPSA) is 78.1 Å². The summed E-state index contributed by atoms with van der Waals surface area (Å²) in [6, 6.07) is 5.42. The van der Waals surface area contributed by atoms with Crippen LogP contribution in [0.1, 0.15) is 26.2 Å². The van der Waals surface area contributed by atoms with E-state index in [2.05, 4.69) is 10.3 Å². The summed E-state index contributed by atoms with van der Waals surface area (Å²) in [7, 11) is 1.58. The first-order valence-corrected chi connectivity index (χ1v) is 8.66. The first kappa shape index (κ1) is 20.5. The summed E-state index contributed by atoms with van der Waals surface area (Å²) in [6.07, 6.45) is 2.95. The van der Waals surface area contributed by atoms with Crippen molar-refractivity contribution in [3.8, 4) is 5.75 Å². The molecule has 1 saturated heterocycles. The fourth-order valence-electron chi connectivity index (χ4n) is 3.52. The van der Waals surface area contributed by atoms with Crippen LogP contribution in [-0.2, 0) is 9.47 Å². The van der Waals surface area contributed by atoms with Crippen molar-refractivity contribution >= 4 is 47.2 Å². The van der Waals surface area contributed by atoms with Gasteiger partial charge in [-0.15, -0.1) is 24.0 Å². The van der Waals surface area contributed by atoms with Gasteiger partial charge in [-0.2, -0.15) is 0 Å². The van der Waals surface area contributed by atoms with Gasteiger partial charge < -0.3 is 25.3 Å². The normalized spacial score (nSPS) is 28.4. The molecule has 3 N–H and O–H groups in total. The van der Waals surface area contributed by atoms with E-state index in [9.17, 15) is 0 Å². The molecule has 1 saturated carbocycles. The molecule has 2 fully saturated rings. The van der Waals surface area contributed by atoms with Gasteiger partial charge in [0.05, 0.1) is 24.3 Å². The Kier molecular flexibility index (Phi) is 7.19. The van der Waals surface area contributed by atoms with Crippen LogP contribution in [0.5, 0.6) is 5.75 Å². The number of benzene rings is 1. The van der Waals surface area contributed by atoms with Gasteiger partial charge in [-0.3, -0.25) is 0 Å². The molecule has 1 aromatic rings. The summed E-state index contributed by atoms with van der Waals surface area (Å²) in [5.74, 6) is 0.973. The van der Waals surface area contributed by atoms with Crippen LogP contribution in [0.2, 0.25) is 5.02 Å². The van der Waals surface area contributed by atoms with Crippen LogP contribution in [0.4, 0.5) is 5.69 Å². The van der Waals surface area contributed by atoms with Crippen LogP contribution < -0.4 is 15.8 Å². The van der Waals surface area contributed by atoms with Gasteiger partial charge in [-0.25, -0.2) is 4.99 Å². The maximum Gasteiger partial charge on any atom is 0.193 e. The van der Waals surface area contributed by atoms with Crippen molar-refractivity contribution in [2.24, 2.45) is 10.7 Å². The van der Waals surface area contributed by atoms with Crippen LogP contribution in [0.3, 0.4) is 0 Å². The Labute approximate surface area is 170 Å². The fourth-order valence-corrected chi connectivity index (χ4v) is 3.78. The first-order valence-electron chi connectivity index (χ1n) is 8.28. The van der Waals surface area contributed by atoms with E-state index >= 15 is 0 Å². The van der Waals surface area contributed by atoms with Crippen molar-refractivity contribution in [1.82, 2.24) is 0 Å². The van der Waals surface area contributed by atoms with Gasteiger partial charge in [-0.1, -0.05) is 11.6 Å². The van der Waals surface area contributed by atoms with Crippen LogP contribution in [-0.4, -0.2) is 44.0 Å². The molecule has 140 valence electrons. The predicted octanol–water partition coefficient (Wildman–Crippen LogP) is 3.42. The number of guanidine groups is 1. The molecule has 1 spiro atoms. The number of rotatable bonds is 5. The highest BCUT2D eigenvalue weighted by Gasteiger charge is 2.59. The Morgan fingerprint density at radius 1 is 1.52 bits per heavy atom. The van der Waals surface area contributed by atoms with Crippen LogP contribution >= 0.6 is 35.6 Å². The van der Waals surface area contributed by atoms with Crippen LogP contribution in [0.15, 0.2) is 23.2 Å². The average Bonchev–Trinajstić information content (AvgIpc) is 3.07. The summed E-state index contributed by atoms with van der Waals surface area (Å²) in [6.45, 7) is 3.45. The molecule has 3 rings (SSSR count). The number of nitrogens with two attached hydrogens (primary N) is 1. The van der Waals surface area contributed by atoms with Gasteiger partial charge in [0, 0.05) is 25.3 Å². The minimum absolute atomic E-state index is 0. The molecule has 1 heterocycles. The summed E-state index contributed by atoms with van der Waals surface area (Å²) in [4.78, 5) is 4.62. The Balaban J connectivity index is 0.00000225. The fraction of sp³-hybridized carbons (Fsp3) is 0.588. The van der Waals surface area contributed by atoms with E-state index in [1.807, 2.05) is 13.0 Å². The van der Waals surface area contributed by atoms with Crippen molar-refractivity contribution in [1.29, 1.82) is 0 Å². The number of methoxy groups -OCH3 is 1. The number of hydrogen-bond acceptors (Lipinski definition) is 4. The second kappa shape index (κ2) is 8.75. The first-order chi connectivity index (χ1) is 11.6. The highest BCUT2D eigenvalue weighted by atomic mass is 127. The molecule has 6 nitrogen and oxygen atoms in total. The number of halogens is 2. The maximum absolute atomic E-state index is 6.13. The quantitative estimate of drug-likeness (QED) is 0.383. The van der Waals surface area contributed by atoms with Crippen molar-refractivity contribution < 1.29 is 14.2 Å². The number of ether oxygens (including phenoxy) is 3. The van der Waals surface area contributed by atoms with Gasteiger partial charge in [-0.05, 0) is 38.0 Å². The average molecular weight is 482 g/mol. The lowest BCUT2D eigenvalue weighted by molar-refractivity contribution is -0.188. The van der Waals surface area contributed by atoms with Crippen molar-refractivity contribution in [2.45, 2.75) is 43.9 Å². The van der Waals surface area contributed by atoms with E-state index < -0.39 is 0 Å². The Morgan fingerprint density at radius 3 is 2.92 bits per heavy atom. The molecule has 1 aliphatic carbocycles. The maximum atomic E-state index is 6.13. The minimum Gasteiger partial charge on any atom is -0.495 e. The number of aliphatic imine (C=N–C) groups is 1. The van der Waals surface area contributed by atoms with Crippen LogP contribution in [0.25, 0.3) is 0 Å². The number of nitrogens with zero attached hydrogens (tertiary/aromatic N) is 1. The largest absolute Gasteiger partial charge is 0.495 e. The van der Waals surface area contributed by atoms with E-state index in [0.29, 0.717) is 23.3 Å². The highest BCUT2D eigenvalue weighted by Crippen LogP contribution is 2.47. The van der Waals surface area contributed by atoms with E-state index in [4.69, 9.17) is 31.5 Å². The van der Waals surface area contributed by atoms with Crippen molar-refractivity contribution in [3.05, 3.63) is 23.2 Å². The second-order valence-corrected chi connectivity index (χ2v) is 6.50. The predicted molar refractivity (Wildman–Crippen MR) is 110 cm³/mol. The smallest absolute Gasteiger partial charge is 0.193 e. The number of nitrogens with one attached hydrogen (secondary N) is 1. The molecule has 8 heteroatoms. The summed E-state index contributed by atoms with van der Waals surface area (Å²) >= 11 is 6.13. The van der Waals surface area contributed by atoms with E-state index in [-0.39, 0.29) is 41.7 Å². The van der Waals surface area contributed by atoms with Gasteiger partial charge in [0.1, 0.15) is 11.4 Å². The van der Waals surface area contributed by atoms with E-state index in [1.165, 1.54) is 0 Å². The molecular formula is C17H25ClIN3O3. The van der Waals surface area contributed by atoms with Gasteiger partial charge in [0.15, 0.2) is 5.96 Å². The summed E-state index contributed by atoms with van der Waals surface area (Å²) in [5.41, 5.74) is 6.54. The van der Waals surface area contributed by atoms with Crippen LogP contribution in [0, 0.1) is 0 Å². The molecule has 2 aliphatic rings. The Bertz CT molecular complexity index is 623. The van der Waals surface area contributed by atoms with Gasteiger partial charge in [0.2, 0.25) is 0 Å². The molecule has 0 bridgehead atoms. The third-order valence-corrected chi connectivity index (χ3v) is 5.01. The molecule has 1 aliphatic heterocycles. The molecular weight excluding hydrogens is 457 g/mol. The zero-order valence-corrected chi connectivity index (χ0v) is 17.5. The lowest BCUT2D eigenvalue weighted by Crippen LogP contribution is -2.63. The summed E-state index contributed by atoms with van der Waals surface area (Å²) in [5, 5.41) is 3.60. The van der Waals surface area contributed by atoms with Gasteiger partial charge in [0.25, 0.3) is 0 Å². The zero-order chi connectivity index (χ0) is 17.2. The molecule has 1 aromatic carbocycles. The third kappa shape index (κ3) is 4.15. The zero-order valence-electron chi connectivity index (χ0n) is 14.5. The van der Waals surface area contributed by atoms with Crippen molar-refractivity contribution in [2.75, 3.05) is 25.6 Å². The number of hydrogen-bond donors (Lipinski definition) is 2. The molecule has 0 radical (unpaired) electrons. The minimum atomic E-state index is -0.306. The van der Waals surface area contributed by atoms with Crippen molar-refractivity contribution in [3.63, 3.8) is 0 Å². The Hall–Kier alpha value is -0.770. The third-order valence-electron chi connectivity index (χ3n) is 4.72. The standard InChI is InChI=1S/C17H24ClN3O3.HI/c1-3-23-15-10-14(17(15)7-4-8-24-17)21-16(19)20-11-5-6-13(22-2)12(18)9-11;/h5-6,9,14-15H,3-4,7-8,10H2,1-2H3,(H3,19,20,21);1H. The van der Waals surface area contributed by atoms with E-state index in [1.54, 1.807) is 19.2 Å². The monoisotopic (exact) mass is 481 g/mol. The molecule has 3 unspecified atom stereocenters. The highest BCUT2D eigenvalue weighted by molar-refractivity contribution is 14.0. The second-order valence-electron chi connectivity index (χ2n) is 6.09. The molecule has 25 heavy (non-hydrogen) atoms. The lowest BCUT2D eigenvalue weighted by Gasteiger charge is -2.50. The van der Waals surface area contributed by atoms with E-state index in [0.717, 1.165) is 31.6 Å². The Morgan fingerprint density at radius 2 is 2.32 bits per heavy atom. The van der Waals surface area contributed by atoms with Gasteiger partial charge >= 0.3 is 0 Å². The molecule has 0 aromatic heterocycles. The lowest BCUT2D eigenvalue weighted by atomic mass is 9.70.